The van der Waals surface area contributed by atoms with E-state index in [1.165, 1.54) is 83.2 Å². The van der Waals surface area contributed by atoms with E-state index in [1.54, 1.807) is 6.08 Å². The second kappa shape index (κ2) is 24.7. The van der Waals surface area contributed by atoms with Crippen LogP contribution in [0.1, 0.15) is 68.7 Å². The Labute approximate surface area is 372 Å². The minimum atomic E-state index is -5.08. The first kappa shape index (κ1) is 54.9. The minimum absolute atomic E-state index is 0.00456. The van der Waals surface area contributed by atoms with Gasteiger partial charge in [0.05, 0.1) is 6.04 Å². The van der Waals surface area contributed by atoms with Crippen LogP contribution >= 0.6 is 0 Å². The molecule has 5 N–H and O–H groups in total. The fourth-order valence-corrected chi connectivity index (χ4v) is 9.17. The van der Waals surface area contributed by atoms with Gasteiger partial charge in [0.2, 0.25) is 0 Å². The largest absolute Gasteiger partial charge is 0.483 e. The van der Waals surface area contributed by atoms with E-state index < -0.39 is 69.6 Å². The van der Waals surface area contributed by atoms with Crippen molar-refractivity contribution >= 4 is 74.5 Å². The first-order valence-electron chi connectivity index (χ1n) is 20.9. The summed E-state index contributed by atoms with van der Waals surface area (Å²) in [5, 5.41) is 10.8. The number of benzene rings is 4. The SMILES string of the molecule is CCN(CC)CC.CCN(CC)CC.CCN(CC)CC.O=C(COc1cc(S(=O)(=O)O)c2ccc3c(S(=O)(=O)O)cc(S(=O)(=O)O)c4ccc1c2c43)NC1C=CC=C(C(=O)O)C1. The van der Waals surface area contributed by atoms with Crippen LogP contribution in [-0.2, 0) is 39.9 Å². The van der Waals surface area contributed by atoms with Gasteiger partial charge in [-0.15, -0.1) is 0 Å². The molecule has 1 aliphatic rings. The number of amides is 1. The van der Waals surface area contributed by atoms with E-state index >= 15 is 0 Å². The number of allylic oxidation sites excluding steroid dienone is 2. The number of aliphatic carboxylic acids is 1. The lowest BCUT2D eigenvalue weighted by Crippen LogP contribution is -2.38. The van der Waals surface area contributed by atoms with E-state index in [0.29, 0.717) is 6.07 Å². The molecule has 17 nitrogen and oxygen atoms in total. The molecule has 1 aliphatic carbocycles. The monoisotopic (exact) mass is 940 g/mol. The zero-order valence-corrected chi connectivity index (χ0v) is 40.0. The maximum Gasteiger partial charge on any atom is 0.331 e. The summed E-state index contributed by atoms with van der Waals surface area (Å²) in [5.74, 6) is -2.16. The quantitative estimate of drug-likeness (QED) is 0.0584. The molecule has 20 heteroatoms. The Kier molecular flexibility index (Phi) is 21.5. The summed E-state index contributed by atoms with van der Waals surface area (Å²) in [6.45, 7) is 29.7. The Morgan fingerprint density at radius 3 is 1.29 bits per heavy atom. The standard InChI is InChI=1S/C25H19NO13S3.3C6H15N/c27-22(26-13-3-1-2-12(8-13)25(28)29)11-39-18-9-19(40(30,31)32)15-6-7-17-21(42(36,37)38)10-20(41(33,34)35)16-5-4-14(18)23(15)24(16)17;3*1-4-7(5-2)6-3/h1-7,9-10,13H,8,11H2,(H,26,27)(H,28,29)(H,30,31,32)(H,33,34,35)(H,36,37,38);3*4-6H2,1-3H3. The van der Waals surface area contributed by atoms with E-state index in [1.807, 2.05) is 0 Å². The van der Waals surface area contributed by atoms with Gasteiger partial charge in [-0.3, -0.25) is 18.5 Å². The molecule has 4 aromatic carbocycles. The molecule has 63 heavy (non-hydrogen) atoms. The predicted molar refractivity (Wildman–Crippen MR) is 247 cm³/mol. The van der Waals surface area contributed by atoms with Crippen molar-refractivity contribution in [3.63, 3.8) is 0 Å². The summed E-state index contributed by atoms with van der Waals surface area (Å²) in [6, 6.07) is 5.50. The van der Waals surface area contributed by atoms with Gasteiger partial charge in [-0.25, -0.2) is 4.79 Å². The number of carbonyl (C=O) groups is 2. The first-order chi connectivity index (χ1) is 29.5. The summed E-state index contributed by atoms with van der Waals surface area (Å²) in [7, 11) is -15.1. The van der Waals surface area contributed by atoms with Crippen LogP contribution in [0.25, 0.3) is 32.3 Å². The molecule has 0 radical (unpaired) electrons. The summed E-state index contributed by atoms with van der Waals surface area (Å²) >= 11 is 0. The number of hydrogen-bond donors (Lipinski definition) is 5. The minimum Gasteiger partial charge on any atom is -0.483 e. The van der Waals surface area contributed by atoms with Gasteiger partial charge in [0.1, 0.15) is 20.4 Å². The smallest absolute Gasteiger partial charge is 0.331 e. The molecular formula is C43H64N4O13S3. The fraction of sp³-hybridized carbons (Fsp3) is 0.488. The molecule has 4 aromatic rings. The number of carboxylic acids is 1. The van der Waals surface area contributed by atoms with Gasteiger partial charge in [0, 0.05) is 50.4 Å². The second-order valence-electron chi connectivity index (χ2n) is 14.1. The number of ether oxygens (including phenoxy) is 1. The highest BCUT2D eigenvalue weighted by Crippen LogP contribution is 2.45. The number of hydrogen-bond acceptors (Lipinski definition) is 12. The summed E-state index contributed by atoms with van der Waals surface area (Å²) in [4.78, 5) is 28.5. The van der Waals surface area contributed by atoms with Crippen LogP contribution in [0, 0.1) is 0 Å². The first-order valence-corrected chi connectivity index (χ1v) is 25.2. The zero-order chi connectivity index (χ0) is 47.9. The van der Waals surface area contributed by atoms with E-state index in [0.717, 1.165) is 18.2 Å². The third kappa shape index (κ3) is 15.2. The highest BCUT2D eigenvalue weighted by molar-refractivity contribution is 7.87. The van der Waals surface area contributed by atoms with E-state index in [2.05, 4.69) is 82.3 Å². The van der Waals surface area contributed by atoms with Crippen molar-refractivity contribution in [2.75, 3.05) is 65.5 Å². The summed E-state index contributed by atoms with van der Waals surface area (Å²) in [6.07, 6.45) is 4.38. The molecule has 352 valence electrons. The molecule has 0 spiro atoms. The average molecular weight is 941 g/mol. The maximum atomic E-state index is 12.6. The van der Waals surface area contributed by atoms with Crippen molar-refractivity contribution in [1.82, 2.24) is 20.0 Å². The van der Waals surface area contributed by atoms with Crippen LogP contribution in [-0.4, -0.2) is 142 Å². The van der Waals surface area contributed by atoms with Crippen LogP contribution in [0.4, 0.5) is 0 Å². The van der Waals surface area contributed by atoms with Crippen LogP contribution in [0.15, 0.2) is 74.9 Å². The molecule has 0 bridgehead atoms. The van der Waals surface area contributed by atoms with Crippen LogP contribution < -0.4 is 10.1 Å². The Bertz CT molecular complexity index is 2450. The number of carbonyl (C=O) groups excluding carboxylic acids is 1. The lowest BCUT2D eigenvalue weighted by Gasteiger charge is -2.20. The Morgan fingerprint density at radius 1 is 0.603 bits per heavy atom. The summed E-state index contributed by atoms with van der Waals surface area (Å²) < 4.78 is 109. The number of rotatable bonds is 17. The molecular weight excluding hydrogens is 877 g/mol. The summed E-state index contributed by atoms with van der Waals surface area (Å²) in [5.41, 5.74) is 0.0572. The van der Waals surface area contributed by atoms with Crippen molar-refractivity contribution in [2.45, 2.75) is 89.5 Å². The highest BCUT2D eigenvalue weighted by Gasteiger charge is 2.28. The van der Waals surface area contributed by atoms with Gasteiger partial charge in [-0.1, -0.05) is 98.7 Å². The third-order valence-corrected chi connectivity index (χ3v) is 13.3. The molecule has 1 unspecified atom stereocenters. The van der Waals surface area contributed by atoms with Crippen LogP contribution in [0.3, 0.4) is 0 Å². The van der Waals surface area contributed by atoms with E-state index in [4.69, 9.17) is 4.74 Å². The molecule has 0 saturated carbocycles. The molecule has 5 rings (SSSR count). The molecule has 0 aromatic heterocycles. The van der Waals surface area contributed by atoms with Crippen molar-refractivity contribution < 1.29 is 58.3 Å². The lowest BCUT2D eigenvalue weighted by atomic mass is 9.93. The molecule has 1 amide bonds. The topological polar surface area (TPSA) is 248 Å². The molecule has 0 fully saturated rings. The van der Waals surface area contributed by atoms with Crippen molar-refractivity contribution in [3.05, 3.63) is 60.2 Å². The van der Waals surface area contributed by atoms with Crippen molar-refractivity contribution in [1.29, 1.82) is 0 Å². The van der Waals surface area contributed by atoms with Gasteiger partial charge in [-0.05, 0) is 71.0 Å². The van der Waals surface area contributed by atoms with Crippen molar-refractivity contribution in [3.8, 4) is 5.75 Å². The van der Waals surface area contributed by atoms with Gasteiger partial charge in [-0.2, -0.15) is 25.3 Å². The predicted octanol–water partition coefficient (Wildman–Crippen LogP) is 6.20. The van der Waals surface area contributed by atoms with E-state index in [9.17, 15) is 53.6 Å². The molecule has 0 heterocycles. The second-order valence-corrected chi connectivity index (χ2v) is 18.3. The lowest BCUT2D eigenvalue weighted by molar-refractivity contribution is -0.133. The third-order valence-electron chi connectivity index (χ3n) is 10.7. The van der Waals surface area contributed by atoms with Crippen LogP contribution in [0.2, 0.25) is 0 Å². The zero-order valence-electron chi connectivity index (χ0n) is 37.6. The van der Waals surface area contributed by atoms with Gasteiger partial charge >= 0.3 is 5.97 Å². The van der Waals surface area contributed by atoms with Crippen LogP contribution in [0.5, 0.6) is 5.75 Å². The number of carboxylic acid groups (broad SMARTS) is 1. The Balaban J connectivity index is 0.000000536. The fourth-order valence-electron chi connectivity index (χ4n) is 6.97. The van der Waals surface area contributed by atoms with Gasteiger partial charge < -0.3 is 29.9 Å². The van der Waals surface area contributed by atoms with Gasteiger partial charge in [0.25, 0.3) is 36.3 Å². The van der Waals surface area contributed by atoms with Gasteiger partial charge in [0.15, 0.2) is 6.61 Å². The number of nitrogens with zero attached hydrogens (tertiary/aromatic N) is 3. The normalized spacial score (nSPS) is 14.2. The molecule has 0 aliphatic heterocycles. The highest BCUT2D eigenvalue weighted by atomic mass is 32.2. The Hall–Kier alpha value is -4.25. The van der Waals surface area contributed by atoms with E-state index in [-0.39, 0.29) is 50.1 Å². The Morgan fingerprint density at radius 2 is 0.952 bits per heavy atom. The van der Waals surface area contributed by atoms with Crippen molar-refractivity contribution in [2.24, 2.45) is 0 Å². The molecule has 0 saturated heterocycles. The number of nitrogens with one attached hydrogen (secondary N) is 1. The average Bonchev–Trinajstić information content (AvgIpc) is 3.23. The maximum absolute atomic E-state index is 12.6. The molecule has 1 atom stereocenters.